The summed E-state index contributed by atoms with van der Waals surface area (Å²) >= 11 is 7.28. The number of halogens is 1. The Morgan fingerprint density at radius 1 is 1.26 bits per heavy atom. The summed E-state index contributed by atoms with van der Waals surface area (Å²) in [4.78, 5) is 14.2. The number of carbonyl (C=O) groups excluding carboxylic acids is 1. The maximum Gasteiger partial charge on any atom is 0.263 e. The number of aliphatic hydroxyl groups is 1. The minimum atomic E-state index is -1.04. The molecule has 1 unspecified atom stereocenters. The first-order valence-electron chi connectivity index (χ1n) is 8.38. The SMILES string of the molecule is CC(C)(Oc1ccc(Cl)cc1)C(=O)NCc1ccc(C(O)c2ccco2)s1. The molecule has 3 aromatic rings. The van der Waals surface area contributed by atoms with Crippen molar-refractivity contribution in [2.24, 2.45) is 0 Å². The van der Waals surface area contributed by atoms with Gasteiger partial charge < -0.3 is 19.6 Å². The first-order chi connectivity index (χ1) is 12.8. The normalized spacial score (nSPS) is 12.6. The maximum absolute atomic E-state index is 12.5. The number of rotatable bonds is 7. The van der Waals surface area contributed by atoms with Crippen molar-refractivity contribution in [3.05, 3.63) is 75.3 Å². The van der Waals surface area contributed by atoms with Crippen molar-refractivity contribution in [2.75, 3.05) is 0 Å². The Morgan fingerprint density at radius 3 is 2.67 bits per heavy atom. The molecule has 0 radical (unpaired) electrons. The lowest BCUT2D eigenvalue weighted by atomic mass is 10.1. The summed E-state index contributed by atoms with van der Waals surface area (Å²) in [7, 11) is 0. The first-order valence-corrected chi connectivity index (χ1v) is 9.57. The second kappa shape index (κ2) is 8.17. The lowest BCUT2D eigenvalue weighted by Crippen LogP contribution is -2.46. The Kier molecular flexibility index (Phi) is 5.89. The molecule has 0 bridgehead atoms. The highest BCUT2D eigenvalue weighted by molar-refractivity contribution is 7.12. The van der Waals surface area contributed by atoms with Gasteiger partial charge >= 0.3 is 0 Å². The van der Waals surface area contributed by atoms with Gasteiger partial charge in [-0.05, 0) is 62.4 Å². The number of carbonyl (C=O) groups is 1. The van der Waals surface area contributed by atoms with Gasteiger partial charge in [-0.2, -0.15) is 0 Å². The Balaban J connectivity index is 1.57. The Bertz CT molecular complexity index is 887. The van der Waals surface area contributed by atoms with E-state index in [1.165, 1.54) is 17.6 Å². The molecule has 0 saturated heterocycles. The summed E-state index contributed by atoms with van der Waals surface area (Å²) in [6.45, 7) is 3.76. The minimum absolute atomic E-state index is 0.237. The van der Waals surface area contributed by atoms with E-state index in [2.05, 4.69) is 5.32 Å². The molecule has 0 spiro atoms. The minimum Gasteiger partial charge on any atom is -0.478 e. The zero-order valence-corrected chi connectivity index (χ0v) is 16.5. The van der Waals surface area contributed by atoms with Crippen molar-refractivity contribution >= 4 is 28.8 Å². The number of benzene rings is 1. The number of hydrogen-bond donors (Lipinski definition) is 2. The van der Waals surface area contributed by atoms with Crippen LogP contribution in [0.2, 0.25) is 5.02 Å². The van der Waals surface area contributed by atoms with E-state index in [1.807, 2.05) is 12.1 Å². The second-order valence-electron chi connectivity index (χ2n) is 6.47. The number of hydrogen-bond acceptors (Lipinski definition) is 5. The molecule has 0 aliphatic rings. The van der Waals surface area contributed by atoms with Gasteiger partial charge in [0.1, 0.15) is 17.6 Å². The number of furan rings is 1. The van der Waals surface area contributed by atoms with Crippen LogP contribution in [0.25, 0.3) is 0 Å². The monoisotopic (exact) mass is 405 g/mol. The van der Waals surface area contributed by atoms with E-state index in [9.17, 15) is 9.90 Å². The van der Waals surface area contributed by atoms with Crippen molar-refractivity contribution in [1.82, 2.24) is 5.32 Å². The van der Waals surface area contributed by atoms with Gasteiger partial charge in [0.25, 0.3) is 5.91 Å². The molecule has 1 atom stereocenters. The summed E-state index contributed by atoms with van der Waals surface area (Å²) in [6.07, 6.45) is 0.718. The molecule has 7 heteroatoms. The summed E-state index contributed by atoms with van der Waals surface area (Å²) in [5.41, 5.74) is -1.04. The summed E-state index contributed by atoms with van der Waals surface area (Å²) in [6, 6.07) is 14.0. The van der Waals surface area contributed by atoms with Gasteiger partial charge in [0.15, 0.2) is 5.60 Å². The molecule has 3 rings (SSSR count). The van der Waals surface area contributed by atoms with Gasteiger partial charge in [-0.3, -0.25) is 4.79 Å². The van der Waals surface area contributed by atoms with Crippen LogP contribution < -0.4 is 10.1 Å². The predicted molar refractivity (Wildman–Crippen MR) is 105 cm³/mol. The van der Waals surface area contributed by atoms with Gasteiger partial charge in [-0.25, -0.2) is 0 Å². The van der Waals surface area contributed by atoms with E-state index >= 15 is 0 Å². The second-order valence-corrected chi connectivity index (χ2v) is 8.11. The molecule has 142 valence electrons. The highest BCUT2D eigenvalue weighted by atomic mass is 35.5. The molecule has 2 N–H and O–H groups in total. The standard InChI is InChI=1S/C20H20ClNO4S/c1-20(2,26-14-7-5-13(21)6-8-14)19(24)22-12-15-9-10-17(27-15)18(23)16-4-3-11-25-16/h3-11,18,23H,12H2,1-2H3,(H,22,24). The summed E-state index contributed by atoms with van der Waals surface area (Å²) < 4.78 is 11.0. The quantitative estimate of drug-likeness (QED) is 0.604. The predicted octanol–water partition coefficient (Wildman–Crippen LogP) is 4.55. The van der Waals surface area contributed by atoms with E-state index in [0.717, 1.165) is 9.75 Å². The van der Waals surface area contributed by atoms with Gasteiger partial charge in [-0.15, -0.1) is 11.3 Å². The molecule has 0 fully saturated rings. The molecule has 1 aromatic carbocycles. The van der Waals surface area contributed by atoms with Gasteiger partial charge in [0.2, 0.25) is 0 Å². The fraction of sp³-hybridized carbons (Fsp3) is 0.250. The zero-order valence-electron chi connectivity index (χ0n) is 14.9. The zero-order chi connectivity index (χ0) is 19.4. The number of amides is 1. The lowest BCUT2D eigenvalue weighted by molar-refractivity contribution is -0.134. The number of aliphatic hydroxyl groups excluding tert-OH is 1. The largest absolute Gasteiger partial charge is 0.478 e. The van der Waals surface area contributed by atoms with Crippen LogP contribution in [0.15, 0.2) is 59.2 Å². The third kappa shape index (κ3) is 4.91. The highest BCUT2D eigenvalue weighted by Gasteiger charge is 2.29. The van der Waals surface area contributed by atoms with E-state index < -0.39 is 11.7 Å². The third-order valence-electron chi connectivity index (χ3n) is 3.92. The van der Waals surface area contributed by atoms with E-state index in [-0.39, 0.29) is 5.91 Å². The van der Waals surface area contributed by atoms with Crippen molar-refractivity contribution in [2.45, 2.75) is 32.1 Å². The Morgan fingerprint density at radius 2 is 2.00 bits per heavy atom. The summed E-state index contributed by atoms with van der Waals surface area (Å²) in [5.74, 6) is 0.823. The van der Waals surface area contributed by atoms with Crippen molar-refractivity contribution in [3.63, 3.8) is 0 Å². The molecule has 0 aliphatic carbocycles. The molecule has 2 aromatic heterocycles. The van der Waals surface area contributed by atoms with Crippen LogP contribution in [-0.2, 0) is 11.3 Å². The highest BCUT2D eigenvalue weighted by Crippen LogP contribution is 2.29. The van der Waals surface area contributed by atoms with E-state index in [1.54, 1.807) is 50.2 Å². The fourth-order valence-electron chi connectivity index (χ4n) is 2.45. The van der Waals surface area contributed by atoms with Crippen LogP contribution in [0.1, 0.15) is 35.5 Å². The average molecular weight is 406 g/mol. The number of thiophene rings is 1. The molecule has 5 nitrogen and oxygen atoms in total. The van der Waals surface area contributed by atoms with Gasteiger partial charge in [0.05, 0.1) is 12.8 Å². The molecule has 1 amide bonds. The molecular formula is C20H20ClNO4S. The number of ether oxygens (including phenoxy) is 1. The van der Waals surface area contributed by atoms with Crippen molar-refractivity contribution < 1.29 is 19.1 Å². The molecular weight excluding hydrogens is 386 g/mol. The lowest BCUT2D eigenvalue weighted by Gasteiger charge is -2.25. The van der Waals surface area contributed by atoms with Crippen LogP contribution in [0, 0.1) is 0 Å². The van der Waals surface area contributed by atoms with E-state index in [0.29, 0.717) is 23.1 Å². The summed E-state index contributed by atoms with van der Waals surface area (Å²) in [5, 5.41) is 13.8. The van der Waals surface area contributed by atoms with Crippen LogP contribution in [0.5, 0.6) is 5.75 Å². The van der Waals surface area contributed by atoms with E-state index in [4.69, 9.17) is 20.8 Å². The van der Waals surface area contributed by atoms with Crippen LogP contribution >= 0.6 is 22.9 Å². The Hall–Kier alpha value is -2.28. The number of nitrogens with one attached hydrogen (secondary N) is 1. The van der Waals surface area contributed by atoms with Gasteiger partial charge in [0, 0.05) is 14.8 Å². The Labute approximate surface area is 166 Å². The smallest absolute Gasteiger partial charge is 0.263 e. The molecule has 0 aliphatic heterocycles. The average Bonchev–Trinajstić information content (AvgIpc) is 3.33. The van der Waals surface area contributed by atoms with Crippen LogP contribution in [0.4, 0.5) is 0 Å². The molecule has 2 heterocycles. The first kappa shape index (κ1) is 19.5. The van der Waals surface area contributed by atoms with Crippen LogP contribution in [0.3, 0.4) is 0 Å². The fourth-order valence-corrected chi connectivity index (χ4v) is 3.52. The maximum atomic E-state index is 12.5. The van der Waals surface area contributed by atoms with Gasteiger partial charge in [-0.1, -0.05) is 11.6 Å². The molecule has 27 heavy (non-hydrogen) atoms. The van der Waals surface area contributed by atoms with Crippen molar-refractivity contribution in [3.8, 4) is 5.75 Å². The topological polar surface area (TPSA) is 71.7 Å². The van der Waals surface area contributed by atoms with Crippen molar-refractivity contribution in [1.29, 1.82) is 0 Å². The molecule has 0 saturated carbocycles. The third-order valence-corrected chi connectivity index (χ3v) is 5.31. The van der Waals surface area contributed by atoms with Crippen LogP contribution in [-0.4, -0.2) is 16.6 Å².